The molecule has 0 aliphatic carbocycles. The lowest BCUT2D eigenvalue weighted by Gasteiger charge is -2.06. The zero-order chi connectivity index (χ0) is 19.1. The van der Waals surface area contributed by atoms with Crippen molar-refractivity contribution in [2.75, 3.05) is 7.11 Å². The van der Waals surface area contributed by atoms with Gasteiger partial charge in [0.25, 0.3) is 0 Å². The quantitative estimate of drug-likeness (QED) is 0.275. The van der Waals surface area contributed by atoms with E-state index in [4.69, 9.17) is 9.47 Å². The number of hydrogen-bond donors (Lipinski definition) is 0. The number of hydrogen-bond acceptors (Lipinski definition) is 4. The average Bonchev–Trinajstić information content (AvgIpc) is 2.73. The van der Waals surface area contributed by atoms with Gasteiger partial charge < -0.3 is 9.47 Å². The average molecular weight is 358 g/mol. The molecule has 0 heterocycles. The largest absolute Gasteiger partial charge is 0.497 e. The van der Waals surface area contributed by atoms with Crippen LogP contribution in [0.4, 0.5) is 0 Å². The van der Waals surface area contributed by atoms with Crippen molar-refractivity contribution in [3.8, 4) is 11.5 Å². The Morgan fingerprint density at radius 3 is 2.26 bits per heavy atom. The van der Waals surface area contributed by atoms with E-state index in [2.05, 4.69) is 0 Å². The van der Waals surface area contributed by atoms with Crippen LogP contribution in [-0.2, 0) is 0 Å². The van der Waals surface area contributed by atoms with Gasteiger partial charge in [-0.2, -0.15) is 0 Å². The van der Waals surface area contributed by atoms with Crippen LogP contribution in [0.1, 0.15) is 26.3 Å². The fourth-order valence-electron chi connectivity index (χ4n) is 2.47. The first kappa shape index (κ1) is 18.1. The molecule has 4 heteroatoms. The topological polar surface area (TPSA) is 52.6 Å². The molecule has 3 aromatic carbocycles. The van der Waals surface area contributed by atoms with Gasteiger partial charge in [-0.25, -0.2) is 4.79 Å². The molecule has 0 radical (unpaired) electrons. The van der Waals surface area contributed by atoms with Crippen molar-refractivity contribution in [1.29, 1.82) is 0 Å². The monoisotopic (exact) mass is 358 g/mol. The summed E-state index contributed by atoms with van der Waals surface area (Å²) in [5, 5.41) is 0. The highest BCUT2D eigenvalue weighted by Crippen LogP contribution is 2.18. The molecule has 0 amide bonds. The van der Waals surface area contributed by atoms with Crippen molar-refractivity contribution in [3.63, 3.8) is 0 Å². The van der Waals surface area contributed by atoms with E-state index in [-0.39, 0.29) is 5.78 Å². The minimum atomic E-state index is -0.476. The number of methoxy groups -OCH3 is 1. The van der Waals surface area contributed by atoms with Gasteiger partial charge in [0, 0.05) is 5.56 Å². The molecule has 0 fully saturated rings. The Balaban J connectivity index is 1.71. The van der Waals surface area contributed by atoms with E-state index in [0.29, 0.717) is 22.6 Å². The van der Waals surface area contributed by atoms with Crippen molar-refractivity contribution >= 4 is 17.8 Å². The van der Waals surface area contributed by atoms with Gasteiger partial charge in [-0.15, -0.1) is 0 Å². The third-order valence-electron chi connectivity index (χ3n) is 3.86. The maximum Gasteiger partial charge on any atom is 0.343 e. The summed E-state index contributed by atoms with van der Waals surface area (Å²) < 4.78 is 10.5. The highest BCUT2D eigenvalue weighted by Gasteiger charge is 2.09. The fourth-order valence-corrected chi connectivity index (χ4v) is 2.47. The predicted octanol–water partition coefficient (Wildman–Crippen LogP) is 4.81. The Kier molecular flexibility index (Phi) is 5.80. The number of carbonyl (C=O) groups is 2. The smallest absolute Gasteiger partial charge is 0.343 e. The third kappa shape index (κ3) is 4.92. The highest BCUT2D eigenvalue weighted by molar-refractivity contribution is 6.06. The Bertz CT molecular complexity index is 974. The lowest BCUT2D eigenvalue weighted by atomic mass is 10.1. The van der Waals surface area contributed by atoms with Gasteiger partial charge in [-0.05, 0) is 42.0 Å². The zero-order valence-electron chi connectivity index (χ0n) is 14.8. The summed E-state index contributed by atoms with van der Waals surface area (Å²) in [6, 6.07) is 22.8. The summed E-state index contributed by atoms with van der Waals surface area (Å²) >= 11 is 0. The molecule has 0 saturated carbocycles. The first-order valence-electron chi connectivity index (χ1n) is 8.39. The normalized spacial score (nSPS) is 10.6. The summed E-state index contributed by atoms with van der Waals surface area (Å²) in [5.74, 6) is 0.419. The zero-order valence-corrected chi connectivity index (χ0v) is 14.8. The van der Waals surface area contributed by atoms with Gasteiger partial charge in [0.1, 0.15) is 11.5 Å². The van der Waals surface area contributed by atoms with Crippen LogP contribution < -0.4 is 9.47 Å². The van der Waals surface area contributed by atoms with Crippen LogP contribution >= 0.6 is 0 Å². The van der Waals surface area contributed by atoms with Gasteiger partial charge in [0.05, 0.1) is 12.7 Å². The SMILES string of the molecule is COc1cccc(C(=O)Oc2cccc(C=CC(=O)c3ccccc3)c2)c1. The van der Waals surface area contributed by atoms with Crippen molar-refractivity contribution in [1.82, 2.24) is 0 Å². The Labute approximate surface area is 157 Å². The number of ketones is 1. The molecule has 0 aliphatic heterocycles. The van der Waals surface area contributed by atoms with E-state index >= 15 is 0 Å². The number of carbonyl (C=O) groups excluding carboxylic acids is 2. The first-order chi connectivity index (χ1) is 13.2. The lowest BCUT2D eigenvalue weighted by Crippen LogP contribution is -2.08. The molecule has 0 spiro atoms. The Morgan fingerprint density at radius 2 is 1.48 bits per heavy atom. The third-order valence-corrected chi connectivity index (χ3v) is 3.86. The Morgan fingerprint density at radius 1 is 0.778 bits per heavy atom. The van der Waals surface area contributed by atoms with Gasteiger partial charge in [-0.3, -0.25) is 4.79 Å². The van der Waals surface area contributed by atoms with E-state index in [0.717, 1.165) is 5.56 Å². The van der Waals surface area contributed by atoms with E-state index in [1.54, 1.807) is 60.7 Å². The maximum absolute atomic E-state index is 12.3. The van der Waals surface area contributed by atoms with Crippen LogP contribution in [0.5, 0.6) is 11.5 Å². The van der Waals surface area contributed by atoms with Gasteiger partial charge in [0.2, 0.25) is 0 Å². The van der Waals surface area contributed by atoms with E-state index in [1.807, 2.05) is 24.3 Å². The molecule has 134 valence electrons. The van der Waals surface area contributed by atoms with E-state index in [9.17, 15) is 9.59 Å². The van der Waals surface area contributed by atoms with Crippen LogP contribution in [0.3, 0.4) is 0 Å². The van der Waals surface area contributed by atoms with E-state index < -0.39 is 5.97 Å². The molecule has 3 aromatic rings. The van der Waals surface area contributed by atoms with Gasteiger partial charge in [-0.1, -0.05) is 54.6 Å². The van der Waals surface area contributed by atoms with Crippen LogP contribution in [0.2, 0.25) is 0 Å². The van der Waals surface area contributed by atoms with Crippen molar-refractivity contribution in [3.05, 3.63) is 102 Å². The lowest BCUT2D eigenvalue weighted by molar-refractivity contribution is 0.0734. The molecular weight excluding hydrogens is 340 g/mol. The second-order valence-electron chi connectivity index (χ2n) is 5.76. The molecule has 0 atom stereocenters. The summed E-state index contributed by atoms with van der Waals surface area (Å²) in [4.78, 5) is 24.4. The number of benzene rings is 3. The van der Waals surface area contributed by atoms with Gasteiger partial charge >= 0.3 is 5.97 Å². The van der Waals surface area contributed by atoms with Crippen LogP contribution in [-0.4, -0.2) is 18.9 Å². The maximum atomic E-state index is 12.3. The predicted molar refractivity (Wildman–Crippen MR) is 104 cm³/mol. The molecule has 27 heavy (non-hydrogen) atoms. The molecule has 0 N–H and O–H groups in total. The minimum absolute atomic E-state index is 0.0885. The van der Waals surface area contributed by atoms with Crippen molar-refractivity contribution < 1.29 is 19.1 Å². The van der Waals surface area contributed by atoms with Crippen molar-refractivity contribution in [2.45, 2.75) is 0 Å². The van der Waals surface area contributed by atoms with Crippen molar-refractivity contribution in [2.24, 2.45) is 0 Å². The summed E-state index contributed by atoms with van der Waals surface area (Å²) in [7, 11) is 1.54. The number of esters is 1. The number of rotatable bonds is 6. The summed E-state index contributed by atoms with van der Waals surface area (Å²) in [6.45, 7) is 0. The minimum Gasteiger partial charge on any atom is -0.497 e. The second kappa shape index (κ2) is 8.63. The summed E-state index contributed by atoms with van der Waals surface area (Å²) in [5.41, 5.74) is 1.78. The molecular formula is C23H18O4. The molecule has 0 saturated heterocycles. The molecule has 4 nitrogen and oxygen atoms in total. The van der Waals surface area contributed by atoms with Gasteiger partial charge in [0.15, 0.2) is 5.78 Å². The molecule has 0 aliphatic rings. The van der Waals surface area contributed by atoms with Crippen LogP contribution in [0, 0.1) is 0 Å². The number of ether oxygens (including phenoxy) is 2. The fraction of sp³-hybridized carbons (Fsp3) is 0.0435. The Hall–Kier alpha value is -3.66. The van der Waals surface area contributed by atoms with E-state index in [1.165, 1.54) is 13.2 Å². The molecule has 0 unspecified atom stereocenters. The highest BCUT2D eigenvalue weighted by atomic mass is 16.5. The summed E-state index contributed by atoms with van der Waals surface area (Å²) in [6.07, 6.45) is 3.19. The second-order valence-corrected chi connectivity index (χ2v) is 5.76. The number of allylic oxidation sites excluding steroid dienone is 1. The van der Waals surface area contributed by atoms with Crippen LogP contribution in [0.15, 0.2) is 84.9 Å². The standard InChI is InChI=1S/C23H18O4/c1-26-20-11-6-10-19(16-20)23(25)27-21-12-5-7-17(15-21)13-14-22(24)18-8-3-2-4-9-18/h2-16H,1H3. The molecule has 0 bridgehead atoms. The van der Waals surface area contributed by atoms with Crippen LogP contribution in [0.25, 0.3) is 6.08 Å². The first-order valence-corrected chi connectivity index (χ1v) is 8.39. The molecule has 0 aromatic heterocycles. The molecule has 3 rings (SSSR count).